The molecule has 1 aliphatic heterocycles. The predicted molar refractivity (Wildman–Crippen MR) is 576 cm³/mol. The zero-order valence-electron chi connectivity index (χ0n) is 84.0. The Balaban J connectivity index is 0.000000575. The van der Waals surface area contributed by atoms with E-state index in [9.17, 15) is 66.3 Å². The van der Waals surface area contributed by atoms with Crippen LogP contribution in [0.2, 0.25) is 0 Å². The molecule has 19 rings (SSSR count). The second-order valence-corrected chi connectivity index (χ2v) is 39.9. The van der Waals surface area contributed by atoms with Gasteiger partial charge in [-0.3, -0.25) is 27.4 Å². The van der Waals surface area contributed by atoms with Crippen LogP contribution in [0.5, 0.6) is 0 Å². The van der Waals surface area contributed by atoms with Crippen molar-refractivity contribution in [3.05, 3.63) is 405 Å². The maximum Gasteiger partial charge on any atom is 4.00 e. The van der Waals surface area contributed by atoms with Gasteiger partial charge >= 0.3 is 49.4 Å². The first-order chi connectivity index (χ1) is 68.9. The van der Waals surface area contributed by atoms with Gasteiger partial charge in [0, 0.05) is 89.6 Å². The molecule has 0 atom stereocenters. The van der Waals surface area contributed by atoms with Crippen molar-refractivity contribution >= 4 is 133 Å². The summed E-state index contributed by atoms with van der Waals surface area (Å²) in [4.78, 5) is 40.4. The SMILES string of the molecule is C1CCCC1.C1CCCC1.C1CCCC1.C1CCCC1.C=Cc1ccc(COC(=O)CO/N=C(/c2ccc(SC)cc2)C(C)(C)N2CCOCC2)cc1.Cc1ccc2[nH]c(=S)sc2c1.ClC(Cl)(Cl)c1nc(-c2ccccc2)nc(C(Cl)(Cl)Cl)n1.Fc1[c-]c(F)c(F)c(F)c1F.Fc1[c-]c(F)c(F)c(F)c1F.Fc1[c-]c(F)cc(-n2cccc2)c1.Fc1[c-]c(F)cc(-n2cccc2)c1.[CH3-].[CH3-].[CH3-].[CH3-].[Ti+4].[Ti+4].c1ccc(-c2ccncc2)cc1. The van der Waals surface area contributed by atoms with Gasteiger partial charge in [0.15, 0.2) is 21.4 Å². The summed E-state index contributed by atoms with van der Waals surface area (Å²) < 4.78 is 183. The van der Waals surface area contributed by atoms with E-state index in [0.717, 1.165) is 57.1 Å². The molecule has 5 aromatic heterocycles. The molecule has 0 radical (unpaired) electrons. The van der Waals surface area contributed by atoms with Crippen molar-refractivity contribution in [2.45, 2.75) is 174 Å². The topological polar surface area (TPSA) is 138 Å². The normalized spacial score (nSPS) is 13.1. The Morgan fingerprint density at radius 2 is 0.867 bits per heavy atom. The van der Waals surface area contributed by atoms with E-state index >= 15 is 0 Å². The molecule has 0 spiro atoms. The number of esters is 1. The average molecular weight is 2320 g/mol. The predicted octanol–water partition coefficient (Wildman–Crippen LogP) is 34.9. The Hall–Kier alpha value is -9.05. The number of thioether (sulfide) groups is 1. The minimum atomic E-state index is -2.17. The largest absolute Gasteiger partial charge is 4.00 e. The number of nitrogens with one attached hydrogen (secondary N) is 1. The fourth-order valence-corrected chi connectivity index (χ4v) is 16.2. The number of ether oxygens (including phenoxy) is 2. The third kappa shape index (κ3) is 48.7. The van der Waals surface area contributed by atoms with Crippen LogP contribution in [-0.4, -0.2) is 95.3 Å². The van der Waals surface area contributed by atoms with Crippen LogP contribution in [0.3, 0.4) is 0 Å². The number of nitrogens with zero attached hydrogens (tertiary/aromatic N) is 8. The second kappa shape index (κ2) is 72.6. The van der Waals surface area contributed by atoms with E-state index < -0.39 is 101 Å². The Labute approximate surface area is 944 Å². The summed E-state index contributed by atoms with van der Waals surface area (Å²) in [5.41, 5.74) is 9.72. The van der Waals surface area contributed by atoms with Crippen LogP contribution in [-0.2, 0) is 76.7 Å². The number of oxime groups is 1. The van der Waals surface area contributed by atoms with Gasteiger partial charge in [-0.15, -0.1) is 71.6 Å². The van der Waals surface area contributed by atoms with Gasteiger partial charge in [-0.25, -0.2) is 63.7 Å². The fourth-order valence-electron chi connectivity index (χ4n) is 14.0. The van der Waals surface area contributed by atoms with Crippen molar-refractivity contribution in [3.63, 3.8) is 0 Å². The van der Waals surface area contributed by atoms with Gasteiger partial charge in [-0.2, -0.15) is 0 Å². The minimum absolute atomic E-state index is 0. The number of carbonyl (C=O) groups excluding carboxylic acids is 1. The van der Waals surface area contributed by atoms with Gasteiger partial charge in [-0.05, 0) is 128 Å². The average Bonchev–Trinajstić information content (AvgIpc) is 1.15. The van der Waals surface area contributed by atoms with Crippen LogP contribution in [0.1, 0.15) is 176 Å². The van der Waals surface area contributed by atoms with Gasteiger partial charge in [0.25, 0.3) is 0 Å². The number of fused-ring (bicyclic) bond motifs is 1. The smallest absolute Gasteiger partial charge is 0.458 e. The molecule has 6 heterocycles. The molecular formula is C112H117Cl6F14N9O4S3Ti2. The summed E-state index contributed by atoms with van der Waals surface area (Å²) in [5.74, 6) is -23.3. The molecule has 14 aromatic rings. The molecule has 5 fully saturated rings. The Bertz CT molecular complexity index is 5920. The summed E-state index contributed by atoms with van der Waals surface area (Å²) in [6, 6.07) is 63.4. The van der Waals surface area contributed by atoms with Crippen LogP contribution >= 0.6 is 105 Å². The zero-order valence-corrected chi connectivity index (χ0v) is 94.1. The number of alkyl halides is 6. The third-order valence-corrected chi connectivity index (χ3v) is 24.6. The quantitative estimate of drug-likeness (QED) is 0.00952. The minimum Gasteiger partial charge on any atom is -0.458 e. The monoisotopic (exact) mass is 2320 g/mol. The fraction of sp³-hybridized carbons (Fsp3) is 0.295. The van der Waals surface area contributed by atoms with E-state index in [4.69, 9.17) is 96.1 Å². The van der Waals surface area contributed by atoms with E-state index in [1.54, 1.807) is 99.5 Å². The van der Waals surface area contributed by atoms with Gasteiger partial charge in [0.05, 0.1) is 87.1 Å². The number of carbonyl (C=O) groups is 1. The number of morpholine rings is 1. The van der Waals surface area contributed by atoms with E-state index in [-0.39, 0.29) is 104 Å². The molecule has 800 valence electrons. The number of thiazole rings is 1. The van der Waals surface area contributed by atoms with Gasteiger partial charge < -0.3 is 58.1 Å². The van der Waals surface area contributed by atoms with E-state index in [2.05, 4.69) is 105 Å². The van der Waals surface area contributed by atoms with E-state index in [0.29, 0.717) is 30.2 Å². The Morgan fingerprint density at radius 1 is 0.493 bits per heavy atom. The number of halogens is 20. The molecule has 4 aliphatic carbocycles. The molecular weight excluding hydrogens is 2210 g/mol. The summed E-state index contributed by atoms with van der Waals surface area (Å²) >= 11 is 43.1. The van der Waals surface area contributed by atoms with Crippen molar-refractivity contribution in [1.29, 1.82) is 0 Å². The molecule has 150 heavy (non-hydrogen) atoms. The summed E-state index contributed by atoms with van der Waals surface area (Å²) in [6.07, 6.45) is 44.3. The molecule has 9 aromatic carbocycles. The van der Waals surface area contributed by atoms with Crippen LogP contribution in [0.4, 0.5) is 61.5 Å². The van der Waals surface area contributed by atoms with Crippen LogP contribution in [0.15, 0.2) is 242 Å². The summed E-state index contributed by atoms with van der Waals surface area (Å²) in [7, 11) is 0. The van der Waals surface area contributed by atoms with Gasteiger partial charge in [-0.1, -0.05) is 330 Å². The van der Waals surface area contributed by atoms with E-state index in [1.165, 1.54) is 179 Å². The molecule has 13 nitrogen and oxygen atoms in total. The van der Waals surface area contributed by atoms with Crippen molar-refractivity contribution in [2.24, 2.45) is 5.16 Å². The molecule has 0 bridgehead atoms. The molecule has 4 saturated carbocycles. The Morgan fingerprint density at radius 3 is 1.23 bits per heavy atom. The Kier molecular flexibility index (Phi) is 66.3. The molecule has 1 N–H and O–H groups in total. The standard InChI is InChI=1S/C26H32N2O4S.C11H5Cl6N3.C11H9N.2C10H6F2N.C8H7NS2.2C6F5.4C5H10.4CH3.2Ti/c1-5-20-6-8-21(9-7-20)18-31-24(29)19-32-27-25(22-10-12-23(33-4)13-11-22)26(2,3)28-14-16-30-17-15-28;12-10(13,14)8-18-7(6-4-2-1-3-5-6)19-9(20-8)11(15,16)17;1-2-4-10(5-3-1)11-6-8-12-9-7-11;2*11-8-5-9(12)7-10(6-8)13-3-1-2-4-13;1-5-2-3-6-7(4-5)11-8(10)9-6;2*7-2-1-3(8)5(10)6(11)4(2)9;4*1-2-4-5-3-1;;;;;;/h5-13H,1,14-19H2,2-4H3;1-5H;1-9H;2*1-4,6-7H;2-4H,1H3,(H,9,10);;;4*1-5H2;4*1H3;;/q;;;2*-1;;2*-1;;;;;4*-1;2*+4/b27-25-;;;;;;;;;;;;;;;;;. The van der Waals surface area contributed by atoms with Crippen LogP contribution in [0.25, 0.3) is 50.2 Å². The molecule has 0 amide bonds. The van der Waals surface area contributed by atoms with E-state index in [1.807, 2.05) is 116 Å². The molecule has 5 aliphatic rings. The number of aryl methyl sites for hydroxylation is 1. The van der Waals surface area contributed by atoms with Crippen molar-refractivity contribution in [1.82, 2.24) is 39.0 Å². The van der Waals surface area contributed by atoms with Gasteiger partial charge in [0.1, 0.15) is 12.3 Å². The van der Waals surface area contributed by atoms with Crippen LogP contribution in [0, 0.1) is 146 Å². The first-order valence-electron chi connectivity index (χ1n) is 45.8. The van der Waals surface area contributed by atoms with Crippen molar-refractivity contribution in [3.8, 4) is 33.9 Å². The van der Waals surface area contributed by atoms with Crippen LogP contribution < -0.4 is 0 Å². The number of hydrogen-bond acceptors (Lipinski definition) is 13. The maximum absolute atomic E-state index is 12.7. The second-order valence-electron chi connectivity index (χ2n) is 32.7. The zero-order chi connectivity index (χ0) is 105. The van der Waals surface area contributed by atoms with Crippen molar-refractivity contribution in [2.75, 3.05) is 39.2 Å². The number of hydrogen-bond donors (Lipinski definition) is 1. The molecule has 38 heteroatoms. The number of benzene rings is 9. The first kappa shape index (κ1) is 137. The number of aromatic nitrogens is 7. The number of rotatable bonds is 14. The maximum atomic E-state index is 12.7. The summed E-state index contributed by atoms with van der Waals surface area (Å²) in [5, 5.41) is 4.43. The first-order valence-corrected chi connectivity index (χ1v) is 50.5. The van der Waals surface area contributed by atoms with Gasteiger partial charge in [0.2, 0.25) is 14.2 Å². The molecule has 0 unspecified atom stereocenters. The van der Waals surface area contributed by atoms with Crippen molar-refractivity contribution < 1.29 is 124 Å². The summed E-state index contributed by atoms with van der Waals surface area (Å²) in [6.45, 7) is 13.0. The number of pyridine rings is 1. The third-order valence-electron chi connectivity index (χ3n) is 21.6. The number of aromatic amines is 1. The molecule has 1 saturated heterocycles. The number of H-pyrrole nitrogens is 1.